The first kappa shape index (κ1) is 20.9. The molecule has 2 amide bonds. The molecule has 3 N–H and O–H groups in total. The average molecular weight is 455 g/mol. The first-order valence-electron chi connectivity index (χ1n) is 7.83. The number of rotatable bonds is 8. The van der Waals surface area contributed by atoms with Gasteiger partial charge in [0, 0.05) is 21.5 Å². The number of amides is 2. The van der Waals surface area contributed by atoms with Crippen molar-refractivity contribution in [3.63, 3.8) is 0 Å². The van der Waals surface area contributed by atoms with Crippen LogP contribution in [0.3, 0.4) is 0 Å². The summed E-state index contributed by atoms with van der Waals surface area (Å²) >= 11 is 4.38. The lowest BCUT2D eigenvalue weighted by Gasteiger charge is -2.08. The first-order valence-corrected chi connectivity index (χ1v) is 9.61. The Labute approximate surface area is 167 Å². The fourth-order valence-electron chi connectivity index (χ4n) is 2.03. The molecule has 0 saturated carbocycles. The van der Waals surface area contributed by atoms with E-state index in [4.69, 9.17) is 5.11 Å². The van der Waals surface area contributed by atoms with Crippen molar-refractivity contribution in [2.24, 2.45) is 0 Å². The van der Waals surface area contributed by atoms with Gasteiger partial charge in [-0.1, -0.05) is 22.0 Å². The van der Waals surface area contributed by atoms with Crippen molar-refractivity contribution in [1.82, 2.24) is 0 Å². The maximum atomic E-state index is 13.7. The van der Waals surface area contributed by atoms with Crippen LogP contribution in [0, 0.1) is 5.82 Å². The van der Waals surface area contributed by atoms with Crippen molar-refractivity contribution in [3.8, 4) is 0 Å². The third-order valence-corrected chi connectivity index (χ3v) is 4.75. The summed E-state index contributed by atoms with van der Waals surface area (Å²) in [6, 6.07) is 11.2. The Hall–Kier alpha value is -2.39. The zero-order valence-electron chi connectivity index (χ0n) is 14.0. The van der Waals surface area contributed by atoms with E-state index in [-0.39, 0.29) is 30.2 Å². The smallest absolute Gasteiger partial charge is 0.303 e. The van der Waals surface area contributed by atoms with Crippen molar-refractivity contribution in [2.75, 3.05) is 16.4 Å². The third-order valence-electron chi connectivity index (χ3n) is 3.26. The molecule has 2 rings (SSSR count). The number of anilines is 2. The predicted octanol–water partition coefficient (Wildman–Crippen LogP) is 4.12. The molecule has 0 saturated heterocycles. The highest BCUT2D eigenvalue weighted by molar-refractivity contribution is 9.10. The summed E-state index contributed by atoms with van der Waals surface area (Å²) in [7, 11) is 0. The van der Waals surface area contributed by atoms with Gasteiger partial charge in [-0.2, -0.15) is 0 Å². The lowest BCUT2D eigenvalue weighted by atomic mass is 10.2. The van der Waals surface area contributed by atoms with Gasteiger partial charge >= 0.3 is 5.97 Å². The number of carboxylic acids is 1. The SMILES string of the molecule is O=C(O)CCC(=O)Nc1cccc(SCC(=O)Nc2ccc(Br)cc2F)c1. The van der Waals surface area contributed by atoms with Crippen LogP contribution in [-0.4, -0.2) is 28.6 Å². The van der Waals surface area contributed by atoms with E-state index in [1.165, 1.54) is 23.9 Å². The number of benzene rings is 2. The summed E-state index contributed by atoms with van der Waals surface area (Å²) in [6.45, 7) is 0. The van der Waals surface area contributed by atoms with Crippen LogP contribution in [0.1, 0.15) is 12.8 Å². The van der Waals surface area contributed by atoms with Gasteiger partial charge in [0.15, 0.2) is 0 Å². The molecule has 0 aliphatic heterocycles. The summed E-state index contributed by atoms with van der Waals surface area (Å²) in [5, 5.41) is 13.7. The fourth-order valence-corrected chi connectivity index (χ4v) is 3.12. The normalized spacial score (nSPS) is 10.3. The maximum Gasteiger partial charge on any atom is 0.303 e. The minimum Gasteiger partial charge on any atom is -0.481 e. The zero-order chi connectivity index (χ0) is 19.8. The van der Waals surface area contributed by atoms with Gasteiger partial charge in [-0.3, -0.25) is 14.4 Å². The largest absolute Gasteiger partial charge is 0.481 e. The van der Waals surface area contributed by atoms with Crippen molar-refractivity contribution in [1.29, 1.82) is 0 Å². The van der Waals surface area contributed by atoms with E-state index in [2.05, 4.69) is 26.6 Å². The second-order valence-electron chi connectivity index (χ2n) is 5.43. The standard InChI is InChI=1S/C18H16BrFN2O4S/c19-11-4-5-15(14(20)8-11)22-17(24)10-27-13-3-1-2-12(9-13)21-16(23)6-7-18(25)26/h1-5,8-9H,6-7,10H2,(H,21,23)(H,22,24)(H,25,26). The molecule has 0 unspecified atom stereocenters. The van der Waals surface area contributed by atoms with E-state index in [1.54, 1.807) is 30.3 Å². The molecule has 0 atom stereocenters. The molecule has 142 valence electrons. The number of hydrogen-bond acceptors (Lipinski definition) is 4. The number of carbonyl (C=O) groups is 3. The van der Waals surface area contributed by atoms with Crippen LogP contribution in [0.25, 0.3) is 0 Å². The van der Waals surface area contributed by atoms with Crippen LogP contribution in [0.5, 0.6) is 0 Å². The number of carbonyl (C=O) groups excluding carboxylic acids is 2. The number of halogens is 2. The van der Waals surface area contributed by atoms with Gasteiger partial charge in [-0.15, -0.1) is 11.8 Å². The summed E-state index contributed by atoms with van der Waals surface area (Å²) in [4.78, 5) is 34.9. The third kappa shape index (κ3) is 7.40. The second-order valence-corrected chi connectivity index (χ2v) is 7.40. The van der Waals surface area contributed by atoms with Gasteiger partial charge in [0.1, 0.15) is 5.82 Å². The molecular formula is C18H16BrFN2O4S. The van der Waals surface area contributed by atoms with Crippen molar-refractivity contribution in [2.45, 2.75) is 17.7 Å². The number of thioether (sulfide) groups is 1. The van der Waals surface area contributed by atoms with Crippen molar-refractivity contribution in [3.05, 3.63) is 52.8 Å². The Morgan fingerprint density at radius 2 is 1.81 bits per heavy atom. The van der Waals surface area contributed by atoms with Gasteiger partial charge in [0.2, 0.25) is 11.8 Å². The first-order chi connectivity index (χ1) is 12.8. The van der Waals surface area contributed by atoms with E-state index in [9.17, 15) is 18.8 Å². The highest BCUT2D eigenvalue weighted by atomic mass is 79.9. The summed E-state index contributed by atoms with van der Waals surface area (Å²) < 4.78 is 14.3. The maximum absolute atomic E-state index is 13.7. The summed E-state index contributed by atoms with van der Waals surface area (Å²) in [6.07, 6.45) is -0.360. The Bertz CT molecular complexity index is 863. The number of carboxylic acid groups (broad SMARTS) is 1. The van der Waals surface area contributed by atoms with Crippen molar-refractivity contribution < 1.29 is 23.9 Å². The highest BCUT2D eigenvalue weighted by Gasteiger charge is 2.09. The lowest BCUT2D eigenvalue weighted by Crippen LogP contribution is -2.15. The molecule has 0 aliphatic carbocycles. The molecule has 2 aromatic rings. The predicted molar refractivity (Wildman–Crippen MR) is 105 cm³/mol. The van der Waals surface area contributed by atoms with Gasteiger partial charge in [-0.05, 0) is 36.4 Å². The van der Waals surface area contributed by atoms with Gasteiger partial charge in [-0.25, -0.2) is 4.39 Å². The monoisotopic (exact) mass is 454 g/mol. The van der Waals surface area contributed by atoms with E-state index in [0.717, 1.165) is 4.90 Å². The van der Waals surface area contributed by atoms with E-state index in [0.29, 0.717) is 10.2 Å². The molecule has 0 aliphatic rings. The molecule has 0 bridgehead atoms. The molecule has 6 nitrogen and oxygen atoms in total. The molecule has 9 heteroatoms. The molecular weight excluding hydrogens is 439 g/mol. The van der Waals surface area contributed by atoms with Gasteiger partial charge < -0.3 is 15.7 Å². The second kappa shape index (κ2) is 10.1. The Kier molecular flexibility index (Phi) is 7.81. The Morgan fingerprint density at radius 3 is 2.52 bits per heavy atom. The Balaban J connectivity index is 1.87. The summed E-state index contributed by atoms with van der Waals surface area (Å²) in [5.74, 6) is -2.28. The lowest BCUT2D eigenvalue weighted by molar-refractivity contribution is -0.138. The average Bonchev–Trinajstić information content (AvgIpc) is 2.61. The number of nitrogens with one attached hydrogen (secondary N) is 2. The van der Waals surface area contributed by atoms with Crippen LogP contribution in [-0.2, 0) is 14.4 Å². The fraction of sp³-hybridized carbons (Fsp3) is 0.167. The van der Waals surface area contributed by atoms with E-state index in [1.807, 2.05) is 0 Å². The zero-order valence-corrected chi connectivity index (χ0v) is 16.4. The molecule has 0 radical (unpaired) electrons. The molecule has 27 heavy (non-hydrogen) atoms. The quantitative estimate of drug-likeness (QED) is 0.521. The van der Waals surface area contributed by atoms with Crippen LogP contribution < -0.4 is 10.6 Å². The molecule has 2 aromatic carbocycles. The van der Waals surface area contributed by atoms with Crippen LogP contribution in [0.2, 0.25) is 0 Å². The molecule has 0 fully saturated rings. The highest BCUT2D eigenvalue weighted by Crippen LogP contribution is 2.23. The van der Waals surface area contributed by atoms with Crippen LogP contribution in [0.4, 0.5) is 15.8 Å². The van der Waals surface area contributed by atoms with E-state index >= 15 is 0 Å². The minimum absolute atomic E-state index is 0.0614. The van der Waals surface area contributed by atoms with Crippen LogP contribution in [0.15, 0.2) is 51.8 Å². The number of aliphatic carboxylic acids is 1. The molecule has 0 aromatic heterocycles. The minimum atomic E-state index is -1.04. The topological polar surface area (TPSA) is 95.5 Å². The molecule has 0 heterocycles. The van der Waals surface area contributed by atoms with Gasteiger partial charge in [0.05, 0.1) is 17.9 Å². The Morgan fingerprint density at radius 1 is 1.04 bits per heavy atom. The number of hydrogen-bond donors (Lipinski definition) is 3. The van der Waals surface area contributed by atoms with E-state index < -0.39 is 17.7 Å². The van der Waals surface area contributed by atoms with Crippen LogP contribution >= 0.6 is 27.7 Å². The molecule has 0 spiro atoms. The van der Waals surface area contributed by atoms with Gasteiger partial charge in [0.25, 0.3) is 0 Å². The summed E-state index contributed by atoms with van der Waals surface area (Å²) in [5.41, 5.74) is 0.609. The van der Waals surface area contributed by atoms with Crippen molar-refractivity contribution >= 4 is 56.9 Å².